The predicted molar refractivity (Wildman–Crippen MR) is 90.6 cm³/mol. The third-order valence-corrected chi connectivity index (χ3v) is 5.04. The average molecular weight is 371 g/mol. The number of carbonyl (C=O) groups is 2. The van der Waals surface area contributed by atoms with E-state index < -0.39 is 38.0 Å². The van der Waals surface area contributed by atoms with Gasteiger partial charge in [0.05, 0.1) is 0 Å². The van der Waals surface area contributed by atoms with Gasteiger partial charge in [-0.1, -0.05) is 36.8 Å². The molecule has 1 unspecified atom stereocenters. The van der Waals surface area contributed by atoms with Gasteiger partial charge in [0.15, 0.2) is 5.41 Å². The number of carbonyl (C=O) groups excluding carboxylic acids is 2. The zero-order valence-corrected chi connectivity index (χ0v) is 14.6. The largest absolute Gasteiger partial charge is 0.368 e. The molecular weight excluding hydrogens is 350 g/mol. The van der Waals surface area contributed by atoms with Gasteiger partial charge in [-0.05, 0) is 12.8 Å². The van der Waals surface area contributed by atoms with Gasteiger partial charge >= 0.3 is 0 Å². The Bertz CT molecular complexity index is 734. The van der Waals surface area contributed by atoms with Crippen molar-refractivity contribution >= 4 is 21.7 Å². The van der Waals surface area contributed by atoms with Gasteiger partial charge in [0.25, 0.3) is 6.04 Å². The molecule has 0 bridgehead atoms. The van der Waals surface area contributed by atoms with Crippen molar-refractivity contribution in [1.29, 1.82) is 0 Å². The first kappa shape index (κ1) is 20.6. The van der Waals surface area contributed by atoms with E-state index >= 15 is 0 Å². The van der Waals surface area contributed by atoms with Gasteiger partial charge < -0.3 is 11.5 Å². The SMILES string of the molecule is CS(=O)(=O)CCCCC(C(N)=O)(C(N)=O)C(c1ccccc1)[N+](=O)[O-]. The lowest BCUT2D eigenvalue weighted by Crippen LogP contribution is -2.53. The number of benzene rings is 1. The number of hydrogen-bond donors (Lipinski definition) is 2. The van der Waals surface area contributed by atoms with Gasteiger partial charge in [0.2, 0.25) is 11.8 Å². The molecule has 25 heavy (non-hydrogen) atoms. The topological polar surface area (TPSA) is 163 Å². The summed E-state index contributed by atoms with van der Waals surface area (Å²) < 4.78 is 22.4. The molecular formula is C15H21N3O6S. The normalized spacial score (nSPS) is 13.2. The monoisotopic (exact) mass is 371 g/mol. The lowest BCUT2D eigenvalue weighted by atomic mass is 9.72. The van der Waals surface area contributed by atoms with E-state index in [2.05, 4.69) is 0 Å². The van der Waals surface area contributed by atoms with Crippen molar-refractivity contribution in [3.63, 3.8) is 0 Å². The molecule has 0 saturated heterocycles. The maximum Gasteiger partial charge on any atom is 0.261 e. The summed E-state index contributed by atoms with van der Waals surface area (Å²) in [5.41, 5.74) is 8.58. The van der Waals surface area contributed by atoms with Crippen LogP contribution in [0.15, 0.2) is 30.3 Å². The molecule has 10 heteroatoms. The first-order chi connectivity index (χ1) is 11.5. The fourth-order valence-corrected chi connectivity index (χ4v) is 3.49. The second kappa shape index (κ2) is 8.06. The van der Waals surface area contributed by atoms with E-state index in [-0.39, 0.29) is 30.6 Å². The summed E-state index contributed by atoms with van der Waals surface area (Å²) in [5.74, 6) is -2.58. The van der Waals surface area contributed by atoms with Crippen LogP contribution in [-0.4, -0.2) is 37.2 Å². The molecule has 1 aromatic rings. The van der Waals surface area contributed by atoms with E-state index in [4.69, 9.17) is 11.5 Å². The van der Waals surface area contributed by atoms with Gasteiger partial charge in [0.1, 0.15) is 9.84 Å². The van der Waals surface area contributed by atoms with E-state index in [0.717, 1.165) is 6.26 Å². The maximum atomic E-state index is 12.1. The Kier molecular flexibility index (Phi) is 6.63. The Morgan fingerprint density at radius 2 is 1.68 bits per heavy atom. The minimum atomic E-state index is -3.24. The summed E-state index contributed by atoms with van der Waals surface area (Å²) in [7, 11) is -3.24. The molecule has 0 spiro atoms. The van der Waals surface area contributed by atoms with Gasteiger partial charge in [0, 0.05) is 22.5 Å². The van der Waals surface area contributed by atoms with E-state index in [1.54, 1.807) is 6.07 Å². The van der Waals surface area contributed by atoms with Crippen molar-refractivity contribution in [2.45, 2.75) is 25.3 Å². The third kappa shape index (κ3) is 4.99. The summed E-state index contributed by atoms with van der Waals surface area (Å²) >= 11 is 0. The summed E-state index contributed by atoms with van der Waals surface area (Å²) in [6.45, 7) is 0. The van der Waals surface area contributed by atoms with Crippen LogP contribution in [0.3, 0.4) is 0 Å². The Balaban J connectivity index is 3.27. The summed E-state index contributed by atoms with van der Waals surface area (Å²) in [6, 6.07) is 5.75. The quantitative estimate of drug-likeness (QED) is 0.258. The number of primary amides is 2. The van der Waals surface area contributed by atoms with Crippen LogP contribution in [0.1, 0.15) is 30.9 Å². The molecule has 138 valence electrons. The fraction of sp³-hybridized carbons (Fsp3) is 0.467. The number of amides is 2. The molecule has 1 aromatic carbocycles. The smallest absolute Gasteiger partial charge is 0.261 e. The Labute approximate surface area is 145 Å². The molecule has 4 N–H and O–H groups in total. The van der Waals surface area contributed by atoms with Crippen molar-refractivity contribution in [2.24, 2.45) is 16.9 Å². The molecule has 0 radical (unpaired) electrons. The molecule has 2 amide bonds. The molecule has 1 rings (SSSR count). The second-order valence-corrected chi connectivity index (χ2v) is 8.15. The van der Waals surface area contributed by atoms with E-state index in [0.29, 0.717) is 0 Å². The standard InChI is InChI=1S/C15H21N3O6S/c1-25(23,24)10-6-5-9-15(13(16)19,14(17)20)12(18(21)22)11-7-3-2-4-8-11/h2-4,7-8,12H,5-6,9-10H2,1H3,(H2,16,19)(H2,17,20). The van der Waals surface area contributed by atoms with E-state index in [1.165, 1.54) is 24.3 Å². The zero-order chi connectivity index (χ0) is 19.3. The molecule has 0 fully saturated rings. The average Bonchev–Trinajstić information content (AvgIpc) is 2.49. The van der Waals surface area contributed by atoms with Crippen molar-refractivity contribution in [2.75, 3.05) is 12.0 Å². The molecule has 0 aliphatic carbocycles. The van der Waals surface area contributed by atoms with Crippen LogP contribution < -0.4 is 11.5 Å². The summed E-state index contributed by atoms with van der Waals surface area (Å²) in [5, 5.41) is 11.6. The van der Waals surface area contributed by atoms with Crippen LogP contribution in [0.4, 0.5) is 0 Å². The zero-order valence-electron chi connectivity index (χ0n) is 13.8. The van der Waals surface area contributed by atoms with E-state index in [1.807, 2.05) is 0 Å². The number of nitrogens with zero attached hydrogens (tertiary/aromatic N) is 1. The van der Waals surface area contributed by atoms with Crippen molar-refractivity contribution in [1.82, 2.24) is 0 Å². The third-order valence-electron chi connectivity index (χ3n) is 4.01. The lowest BCUT2D eigenvalue weighted by Gasteiger charge is -2.30. The number of nitro groups is 1. The molecule has 0 heterocycles. The highest BCUT2D eigenvalue weighted by molar-refractivity contribution is 7.90. The Morgan fingerprint density at radius 3 is 2.08 bits per heavy atom. The second-order valence-electron chi connectivity index (χ2n) is 5.89. The van der Waals surface area contributed by atoms with Gasteiger partial charge in [-0.25, -0.2) is 8.42 Å². The minimum Gasteiger partial charge on any atom is -0.368 e. The van der Waals surface area contributed by atoms with Crippen LogP contribution in [0.5, 0.6) is 0 Å². The van der Waals surface area contributed by atoms with Crippen LogP contribution >= 0.6 is 0 Å². The Hall–Kier alpha value is -2.49. The van der Waals surface area contributed by atoms with Gasteiger partial charge in [-0.3, -0.25) is 19.7 Å². The van der Waals surface area contributed by atoms with Crippen LogP contribution in [0, 0.1) is 15.5 Å². The van der Waals surface area contributed by atoms with Crippen LogP contribution in [-0.2, 0) is 19.4 Å². The van der Waals surface area contributed by atoms with Crippen LogP contribution in [0.2, 0.25) is 0 Å². The highest BCUT2D eigenvalue weighted by Gasteiger charge is 2.57. The summed E-state index contributed by atoms with van der Waals surface area (Å²) in [6.07, 6.45) is 0.927. The predicted octanol–water partition coefficient (Wildman–Crippen LogP) is 0.176. The van der Waals surface area contributed by atoms with Crippen LogP contribution in [0.25, 0.3) is 0 Å². The number of nitrogens with two attached hydrogens (primary N) is 2. The van der Waals surface area contributed by atoms with Gasteiger partial charge in [-0.15, -0.1) is 0 Å². The first-order valence-corrected chi connectivity index (χ1v) is 9.54. The molecule has 0 aliphatic rings. The lowest BCUT2D eigenvalue weighted by molar-refractivity contribution is -0.542. The van der Waals surface area contributed by atoms with Crippen molar-refractivity contribution in [3.8, 4) is 0 Å². The number of rotatable bonds is 10. The highest BCUT2D eigenvalue weighted by Crippen LogP contribution is 2.40. The van der Waals surface area contributed by atoms with Gasteiger partial charge in [-0.2, -0.15) is 0 Å². The highest BCUT2D eigenvalue weighted by atomic mass is 32.2. The first-order valence-electron chi connectivity index (χ1n) is 7.48. The molecule has 0 saturated carbocycles. The molecule has 0 aromatic heterocycles. The number of unbranched alkanes of at least 4 members (excludes halogenated alkanes) is 1. The minimum absolute atomic E-state index is 0.0656. The Morgan fingerprint density at radius 1 is 1.16 bits per heavy atom. The number of sulfone groups is 1. The molecule has 0 aliphatic heterocycles. The number of hydrogen-bond acceptors (Lipinski definition) is 6. The van der Waals surface area contributed by atoms with Crippen molar-refractivity contribution in [3.05, 3.63) is 46.0 Å². The van der Waals surface area contributed by atoms with Crippen molar-refractivity contribution < 1.29 is 22.9 Å². The molecule has 9 nitrogen and oxygen atoms in total. The summed E-state index contributed by atoms with van der Waals surface area (Å²) in [4.78, 5) is 35.0. The molecule has 1 atom stereocenters. The van der Waals surface area contributed by atoms with E-state index in [9.17, 15) is 28.1 Å². The maximum absolute atomic E-state index is 12.1. The fourth-order valence-electron chi connectivity index (χ4n) is 2.76.